The first-order valence-electron chi connectivity index (χ1n) is 10.5. The first-order valence-corrected chi connectivity index (χ1v) is 10.8. The Labute approximate surface area is 195 Å². The van der Waals surface area contributed by atoms with E-state index in [9.17, 15) is 9.59 Å². The molecule has 1 amide bonds. The normalized spacial score (nSPS) is 16.8. The Balaban J connectivity index is 1.68. The van der Waals surface area contributed by atoms with Gasteiger partial charge in [-0.25, -0.2) is 4.79 Å². The minimum Gasteiger partial charge on any atom is -0.497 e. The molecule has 1 atom stereocenters. The smallest absolute Gasteiger partial charge is 0.342 e. The summed E-state index contributed by atoms with van der Waals surface area (Å²) >= 11 is 6.28. The summed E-state index contributed by atoms with van der Waals surface area (Å²) in [6.45, 7) is 0. The standard InChI is InChI=1S/C27H20ClNO4/c1-32-19-13-10-17(11-14-19)16-27(29-25(30)21-8-4-5-9-22(21)28)24-20-7-3-2-6-18(20)12-15-23(24)33-26(27)31/h2-15H,16H2,1H3,(H,29,30). The Morgan fingerprint density at radius 3 is 2.45 bits per heavy atom. The predicted molar refractivity (Wildman–Crippen MR) is 127 cm³/mol. The molecule has 0 spiro atoms. The number of halogens is 1. The predicted octanol–water partition coefficient (Wildman–Crippen LogP) is 5.29. The van der Waals surface area contributed by atoms with Crippen molar-refractivity contribution in [2.24, 2.45) is 0 Å². The molecule has 1 aliphatic heterocycles. The Bertz CT molecular complexity index is 1380. The van der Waals surface area contributed by atoms with Crippen LogP contribution in [-0.2, 0) is 16.8 Å². The quantitative estimate of drug-likeness (QED) is 0.327. The number of benzene rings is 4. The van der Waals surface area contributed by atoms with Crippen molar-refractivity contribution in [3.8, 4) is 11.5 Å². The van der Waals surface area contributed by atoms with E-state index in [1.807, 2.05) is 54.6 Å². The van der Waals surface area contributed by atoms with Crippen molar-refractivity contribution in [1.29, 1.82) is 0 Å². The van der Waals surface area contributed by atoms with Gasteiger partial charge in [0, 0.05) is 12.0 Å². The molecule has 33 heavy (non-hydrogen) atoms. The number of amides is 1. The van der Waals surface area contributed by atoms with E-state index in [0.29, 0.717) is 22.1 Å². The molecule has 0 aromatic heterocycles. The molecule has 0 radical (unpaired) electrons. The van der Waals surface area contributed by atoms with Crippen molar-refractivity contribution < 1.29 is 19.1 Å². The maximum atomic E-state index is 13.5. The molecular weight excluding hydrogens is 438 g/mol. The Hall–Kier alpha value is -3.83. The highest BCUT2D eigenvalue weighted by Crippen LogP contribution is 2.45. The van der Waals surface area contributed by atoms with Gasteiger partial charge in [-0.15, -0.1) is 0 Å². The fourth-order valence-electron chi connectivity index (χ4n) is 4.34. The largest absolute Gasteiger partial charge is 0.497 e. The number of esters is 1. The number of hydrogen-bond acceptors (Lipinski definition) is 4. The number of carbonyl (C=O) groups excluding carboxylic acids is 2. The van der Waals surface area contributed by atoms with E-state index in [4.69, 9.17) is 21.1 Å². The average molecular weight is 458 g/mol. The lowest BCUT2D eigenvalue weighted by Gasteiger charge is -2.29. The SMILES string of the molecule is COc1ccc(CC2(NC(=O)c3ccccc3Cl)C(=O)Oc3ccc4ccccc4c32)cc1. The Morgan fingerprint density at radius 2 is 1.70 bits per heavy atom. The van der Waals surface area contributed by atoms with Gasteiger partial charge in [-0.3, -0.25) is 4.79 Å². The van der Waals surface area contributed by atoms with E-state index in [1.54, 1.807) is 37.4 Å². The van der Waals surface area contributed by atoms with Crippen LogP contribution >= 0.6 is 11.6 Å². The number of nitrogens with one attached hydrogen (secondary N) is 1. The summed E-state index contributed by atoms with van der Waals surface area (Å²) in [6, 6.07) is 25.5. The average Bonchev–Trinajstić information content (AvgIpc) is 3.11. The molecule has 0 bridgehead atoms. The van der Waals surface area contributed by atoms with Gasteiger partial charge >= 0.3 is 5.97 Å². The summed E-state index contributed by atoms with van der Waals surface area (Å²) in [5.41, 5.74) is 0.339. The second-order valence-electron chi connectivity index (χ2n) is 7.91. The monoisotopic (exact) mass is 457 g/mol. The summed E-state index contributed by atoms with van der Waals surface area (Å²) in [6.07, 6.45) is 0.201. The van der Waals surface area contributed by atoms with Crippen LogP contribution in [0.25, 0.3) is 10.8 Å². The van der Waals surface area contributed by atoms with Crippen molar-refractivity contribution in [2.45, 2.75) is 12.0 Å². The van der Waals surface area contributed by atoms with Crippen molar-refractivity contribution in [1.82, 2.24) is 5.32 Å². The second kappa shape index (κ2) is 8.26. The fraction of sp³-hybridized carbons (Fsp3) is 0.111. The molecule has 0 fully saturated rings. The third-order valence-electron chi connectivity index (χ3n) is 5.94. The topological polar surface area (TPSA) is 64.6 Å². The van der Waals surface area contributed by atoms with Crippen molar-refractivity contribution in [3.05, 3.63) is 107 Å². The van der Waals surface area contributed by atoms with Crippen LogP contribution in [0.5, 0.6) is 11.5 Å². The van der Waals surface area contributed by atoms with E-state index in [-0.39, 0.29) is 12.0 Å². The van der Waals surface area contributed by atoms with E-state index in [1.165, 1.54) is 0 Å². The van der Waals surface area contributed by atoms with Crippen LogP contribution in [0.3, 0.4) is 0 Å². The number of ether oxygens (including phenoxy) is 2. The minimum atomic E-state index is -1.43. The summed E-state index contributed by atoms with van der Waals surface area (Å²) in [5.74, 6) is 0.149. The van der Waals surface area contributed by atoms with Gasteiger partial charge in [0.2, 0.25) is 0 Å². The van der Waals surface area contributed by atoms with Gasteiger partial charge in [0.15, 0.2) is 5.54 Å². The van der Waals surface area contributed by atoms with Crippen molar-refractivity contribution in [3.63, 3.8) is 0 Å². The molecule has 0 aliphatic carbocycles. The van der Waals surface area contributed by atoms with Gasteiger partial charge in [0.05, 0.1) is 17.7 Å². The third-order valence-corrected chi connectivity index (χ3v) is 6.27. The van der Waals surface area contributed by atoms with E-state index < -0.39 is 17.4 Å². The highest BCUT2D eigenvalue weighted by Gasteiger charge is 2.51. The van der Waals surface area contributed by atoms with Crippen molar-refractivity contribution >= 4 is 34.2 Å². The first-order chi connectivity index (χ1) is 16.0. The third kappa shape index (κ3) is 3.60. The summed E-state index contributed by atoms with van der Waals surface area (Å²) in [4.78, 5) is 26.9. The van der Waals surface area contributed by atoms with Crippen LogP contribution in [0.2, 0.25) is 5.02 Å². The molecule has 1 aliphatic rings. The molecule has 0 saturated heterocycles. The first kappa shape index (κ1) is 21.0. The van der Waals surface area contributed by atoms with E-state index in [2.05, 4.69) is 5.32 Å². The van der Waals surface area contributed by atoms with E-state index >= 15 is 0 Å². The zero-order chi connectivity index (χ0) is 23.0. The molecule has 4 aromatic carbocycles. The van der Waals surface area contributed by atoms with Gasteiger partial charge in [-0.1, -0.05) is 66.2 Å². The molecule has 0 saturated carbocycles. The zero-order valence-corrected chi connectivity index (χ0v) is 18.6. The lowest BCUT2D eigenvalue weighted by molar-refractivity contribution is -0.139. The van der Waals surface area contributed by atoms with Crippen molar-refractivity contribution in [2.75, 3.05) is 7.11 Å². The molecule has 5 rings (SSSR count). The van der Waals surface area contributed by atoms with Crippen LogP contribution in [0, 0.1) is 0 Å². The number of hydrogen-bond donors (Lipinski definition) is 1. The second-order valence-corrected chi connectivity index (χ2v) is 8.32. The van der Waals surface area contributed by atoms with E-state index in [0.717, 1.165) is 16.3 Å². The molecule has 1 heterocycles. The van der Waals surface area contributed by atoms with Gasteiger partial charge in [-0.2, -0.15) is 0 Å². The molecule has 5 nitrogen and oxygen atoms in total. The molecule has 4 aromatic rings. The van der Waals surface area contributed by atoms with Crippen LogP contribution in [-0.4, -0.2) is 19.0 Å². The lowest BCUT2D eigenvalue weighted by atomic mass is 9.82. The summed E-state index contributed by atoms with van der Waals surface area (Å²) < 4.78 is 11.0. The zero-order valence-electron chi connectivity index (χ0n) is 17.8. The van der Waals surface area contributed by atoms with Gasteiger partial charge in [-0.05, 0) is 46.7 Å². The minimum absolute atomic E-state index is 0.201. The maximum absolute atomic E-state index is 13.5. The van der Waals surface area contributed by atoms with Gasteiger partial charge in [0.1, 0.15) is 11.5 Å². The highest BCUT2D eigenvalue weighted by molar-refractivity contribution is 6.33. The molecule has 1 N–H and O–H groups in total. The number of methoxy groups -OCH3 is 1. The number of carbonyl (C=O) groups is 2. The van der Waals surface area contributed by atoms with Crippen LogP contribution in [0.4, 0.5) is 0 Å². The summed E-state index contributed by atoms with van der Waals surface area (Å²) in [5, 5.41) is 5.09. The number of fused-ring (bicyclic) bond motifs is 3. The Kier molecular flexibility index (Phi) is 5.27. The molecule has 1 unspecified atom stereocenters. The molecule has 164 valence electrons. The highest BCUT2D eigenvalue weighted by atomic mass is 35.5. The fourth-order valence-corrected chi connectivity index (χ4v) is 4.56. The molecular formula is C27H20ClNO4. The van der Waals surface area contributed by atoms with Gasteiger partial charge < -0.3 is 14.8 Å². The van der Waals surface area contributed by atoms with Crippen LogP contribution in [0.15, 0.2) is 84.9 Å². The van der Waals surface area contributed by atoms with Crippen LogP contribution < -0.4 is 14.8 Å². The molecule has 6 heteroatoms. The summed E-state index contributed by atoms with van der Waals surface area (Å²) in [7, 11) is 1.59. The van der Waals surface area contributed by atoms with Crippen LogP contribution in [0.1, 0.15) is 21.5 Å². The number of rotatable bonds is 5. The lowest BCUT2D eigenvalue weighted by Crippen LogP contribution is -2.52. The van der Waals surface area contributed by atoms with Gasteiger partial charge in [0.25, 0.3) is 5.91 Å². The Morgan fingerprint density at radius 1 is 0.970 bits per heavy atom. The maximum Gasteiger partial charge on any atom is 0.342 e.